The Morgan fingerprint density at radius 3 is 2.31 bits per heavy atom. The molecule has 1 nitrogen and oxygen atoms in total. The molecule has 2 unspecified atom stereocenters. The molecule has 2 fully saturated rings. The van der Waals surface area contributed by atoms with Crippen LogP contribution in [0, 0.1) is 17.3 Å². The van der Waals surface area contributed by atoms with Gasteiger partial charge in [0.2, 0.25) is 0 Å². The molecule has 0 aromatic rings. The fourth-order valence-corrected chi connectivity index (χ4v) is 3.47. The highest BCUT2D eigenvalue weighted by molar-refractivity contribution is 5.04. The van der Waals surface area contributed by atoms with Gasteiger partial charge >= 0.3 is 0 Å². The second-order valence-corrected chi connectivity index (χ2v) is 7.37. The molecule has 0 saturated heterocycles. The van der Waals surface area contributed by atoms with E-state index in [-0.39, 0.29) is 5.54 Å². The third-order valence-electron chi connectivity index (χ3n) is 4.88. The Balaban J connectivity index is 1.79. The minimum Gasteiger partial charge on any atom is -0.312 e. The predicted octanol–water partition coefficient (Wildman–Crippen LogP) is 3.98. The average molecular weight is 223 g/mol. The van der Waals surface area contributed by atoms with E-state index in [1.165, 1.54) is 45.1 Å². The summed E-state index contributed by atoms with van der Waals surface area (Å²) in [6.45, 7) is 10.6. The van der Waals surface area contributed by atoms with Crippen LogP contribution in [0.1, 0.15) is 66.2 Å². The van der Waals surface area contributed by atoms with Gasteiger partial charge in [0.15, 0.2) is 0 Å². The standard InChI is InChI=1S/C15H29N/c1-14(2,3)16-11-13-10-15(13,4)12-8-6-5-7-9-12/h12-13,16H,5-11H2,1-4H3. The monoisotopic (exact) mass is 223 g/mol. The van der Waals surface area contributed by atoms with Crippen molar-refractivity contribution in [2.45, 2.75) is 71.8 Å². The van der Waals surface area contributed by atoms with E-state index in [1.54, 1.807) is 0 Å². The minimum atomic E-state index is 0.288. The lowest BCUT2D eigenvalue weighted by Gasteiger charge is -2.29. The largest absolute Gasteiger partial charge is 0.312 e. The molecule has 1 heteroatoms. The molecular weight excluding hydrogens is 194 g/mol. The van der Waals surface area contributed by atoms with Gasteiger partial charge in [-0.25, -0.2) is 0 Å². The lowest BCUT2D eigenvalue weighted by atomic mass is 9.77. The van der Waals surface area contributed by atoms with Gasteiger partial charge in [-0.15, -0.1) is 0 Å². The molecule has 0 aromatic carbocycles. The first-order valence-electron chi connectivity index (χ1n) is 7.17. The summed E-state index contributed by atoms with van der Waals surface area (Å²) in [5, 5.41) is 3.68. The molecule has 2 saturated carbocycles. The quantitative estimate of drug-likeness (QED) is 0.763. The van der Waals surface area contributed by atoms with E-state index < -0.39 is 0 Å². The third-order valence-corrected chi connectivity index (χ3v) is 4.88. The molecule has 0 heterocycles. The van der Waals surface area contributed by atoms with Crippen LogP contribution in [0.4, 0.5) is 0 Å². The summed E-state index contributed by atoms with van der Waals surface area (Å²) in [6.07, 6.45) is 8.93. The molecular formula is C15H29N. The van der Waals surface area contributed by atoms with Crippen LogP contribution in [0.25, 0.3) is 0 Å². The van der Waals surface area contributed by atoms with Crippen molar-refractivity contribution in [1.29, 1.82) is 0 Å². The first-order valence-corrected chi connectivity index (χ1v) is 7.17. The van der Waals surface area contributed by atoms with Crippen LogP contribution < -0.4 is 5.32 Å². The van der Waals surface area contributed by atoms with E-state index in [0.717, 1.165) is 11.8 Å². The first-order chi connectivity index (χ1) is 7.42. The van der Waals surface area contributed by atoms with Gasteiger partial charge in [-0.3, -0.25) is 0 Å². The van der Waals surface area contributed by atoms with E-state index in [0.29, 0.717) is 5.41 Å². The molecule has 0 bridgehead atoms. The normalized spacial score (nSPS) is 36.4. The maximum atomic E-state index is 3.68. The Labute approximate surface area is 101 Å². The fraction of sp³-hybridized carbons (Fsp3) is 1.00. The fourth-order valence-electron chi connectivity index (χ4n) is 3.47. The van der Waals surface area contributed by atoms with E-state index >= 15 is 0 Å². The van der Waals surface area contributed by atoms with E-state index in [1.807, 2.05) is 0 Å². The summed E-state index contributed by atoms with van der Waals surface area (Å²) < 4.78 is 0. The molecule has 0 aromatic heterocycles. The molecule has 2 aliphatic carbocycles. The summed E-state index contributed by atoms with van der Waals surface area (Å²) in [5.74, 6) is 1.99. The Bertz CT molecular complexity index is 234. The predicted molar refractivity (Wildman–Crippen MR) is 70.5 cm³/mol. The molecule has 0 spiro atoms. The van der Waals surface area contributed by atoms with Gasteiger partial charge in [0.05, 0.1) is 0 Å². The van der Waals surface area contributed by atoms with Crippen LogP contribution in [-0.2, 0) is 0 Å². The summed E-state index contributed by atoms with van der Waals surface area (Å²) in [7, 11) is 0. The van der Waals surface area contributed by atoms with Crippen molar-refractivity contribution in [3.8, 4) is 0 Å². The minimum absolute atomic E-state index is 0.288. The second kappa shape index (κ2) is 4.33. The molecule has 0 radical (unpaired) electrons. The highest BCUT2D eigenvalue weighted by atomic mass is 15.0. The zero-order valence-corrected chi connectivity index (χ0v) is 11.6. The van der Waals surface area contributed by atoms with Crippen LogP contribution in [0.2, 0.25) is 0 Å². The van der Waals surface area contributed by atoms with Crippen LogP contribution in [0.5, 0.6) is 0 Å². The topological polar surface area (TPSA) is 12.0 Å². The van der Waals surface area contributed by atoms with Gasteiger partial charge in [-0.2, -0.15) is 0 Å². The maximum absolute atomic E-state index is 3.68. The van der Waals surface area contributed by atoms with Crippen molar-refractivity contribution in [2.24, 2.45) is 17.3 Å². The van der Waals surface area contributed by atoms with Crippen molar-refractivity contribution < 1.29 is 0 Å². The van der Waals surface area contributed by atoms with Crippen LogP contribution in [0.15, 0.2) is 0 Å². The van der Waals surface area contributed by atoms with Gasteiger partial charge in [0, 0.05) is 5.54 Å². The van der Waals surface area contributed by atoms with Crippen LogP contribution in [0.3, 0.4) is 0 Å². The highest BCUT2D eigenvalue weighted by Gasteiger charge is 2.54. The zero-order valence-electron chi connectivity index (χ0n) is 11.6. The molecule has 2 rings (SSSR count). The van der Waals surface area contributed by atoms with Gasteiger partial charge in [-0.1, -0.05) is 26.2 Å². The van der Waals surface area contributed by atoms with Gasteiger partial charge < -0.3 is 5.32 Å². The van der Waals surface area contributed by atoms with Crippen molar-refractivity contribution in [1.82, 2.24) is 5.32 Å². The molecule has 0 amide bonds. The second-order valence-electron chi connectivity index (χ2n) is 7.37. The van der Waals surface area contributed by atoms with Crippen molar-refractivity contribution in [3.63, 3.8) is 0 Å². The number of nitrogens with one attached hydrogen (secondary N) is 1. The Morgan fingerprint density at radius 1 is 1.12 bits per heavy atom. The van der Waals surface area contributed by atoms with E-state index in [9.17, 15) is 0 Å². The summed E-state index contributed by atoms with van der Waals surface area (Å²) in [6, 6.07) is 0. The highest BCUT2D eigenvalue weighted by Crippen LogP contribution is 2.60. The van der Waals surface area contributed by atoms with E-state index in [2.05, 4.69) is 33.0 Å². The van der Waals surface area contributed by atoms with Crippen LogP contribution in [-0.4, -0.2) is 12.1 Å². The smallest absolute Gasteiger partial charge is 0.00966 e. The van der Waals surface area contributed by atoms with Gasteiger partial charge in [0.1, 0.15) is 0 Å². The molecule has 2 aliphatic rings. The molecule has 94 valence electrons. The summed E-state index contributed by atoms with van der Waals surface area (Å²) in [5.41, 5.74) is 0.981. The van der Waals surface area contributed by atoms with Crippen molar-refractivity contribution in [2.75, 3.05) is 6.54 Å². The molecule has 1 N–H and O–H groups in total. The van der Waals surface area contributed by atoms with Gasteiger partial charge in [-0.05, 0) is 63.8 Å². The Kier molecular flexibility index (Phi) is 3.36. The maximum Gasteiger partial charge on any atom is 0.00966 e. The number of rotatable bonds is 3. The SMILES string of the molecule is CC(C)(C)NCC1CC1(C)C1CCCCC1. The number of hydrogen-bond donors (Lipinski definition) is 1. The Morgan fingerprint density at radius 2 is 1.75 bits per heavy atom. The first kappa shape index (κ1) is 12.4. The van der Waals surface area contributed by atoms with E-state index in [4.69, 9.17) is 0 Å². The van der Waals surface area contributed by atoms with Crippen LogP contribution >= 0.6 is 0 Å². The van der Waals surface area contributed by atoms with Crippen molar-refractivity contribution >= 4 is 0 Å². The Hall–Kier alpha value is -0.0400. The lowest BCUT2D eigenvalue weighted by Crippen LogP contribution is -2.38. The van der Waals surface area contributed by atoms with Gasteiger partial charge in [0.25, 0.3) is 0 Å². The summed E-state index contributed by atoms with van der Waals surface area (Å²) in [4.78, 5) is 0. The average Bonchev–Trinajstić information content (AvgIpc) is 2.89. The molecule has 2 atom stereocenters. The van der Waals surface area contributed by atoms with Crippen molar-refractivity contribution in [3.05, 3.63) is 0 Å². The molecule has 16 heavy (non-hydrogen) atoms. The summed E-state index contributed by atoms with van der Waals surface area (Å²) >= 11 is 0. The lowest BCUT2D eigenvalue weighted by molar-refractivity contribution is 0.222. The molecule has 0 aliphatic heterocycles. The zero-order chi connectivity index (χ0) is 11.8. The number of hydrogen-bond acceptors (Lipinski definition) is 1. The third kappa shape index (κ3) is 2.80.